The molecular weight excluding hydrogens is 456 g/mol. The van der Waals surface area contributed by atoms with Gasteiger partial charge in [0.1, 0.15) is 23.4 Å². The number of benzene rings is 1. The third-order valence-corrected chi connectivity index (χ3v) is 6.55. The zero-order valence-electron chi connectivity index (χ0n) is 21.8. The highest BCUT2D eigenvalue weighted by Crippen LogP contribution is 2.20. The summed E-state index contributed by atoms with van der Waals surface area (Å²) in [7, 11) is 1.79. The van der Waals surface area contributed by atoms with Crippen molar-refractivity contribution in [1.29, 1.82) is 0 Å². The molecule has 1 unspecified atom stereocenters. The van der Waals surface area contributed by atoms with Crippen LogP contribution in [0.4, 0.5) is 5.82 Å². The van der Waals surface area contributed by atoms with Gasteiger partial charge >= 0.3 is 0 Å². The van der Waals surface area contributed by atoms with E-state index in [1.165, 1.54) is 6.33 Å². The van der Waals surface area contributed by atoms with E-state index in [1.54, 1.807) is 13.4 Å². The maximum absolute atomic E-state index is 5.91. The predicted molar refractivity (Wildman–Crippen MR) is 142 cm³/mol. The number of nitrogens with zero attached hydrogens (tertiary/aromatic N) is 6. The second-order valence-electron chi connectivity index (χ2n) is 9.36. The van der Waals surface area contributed by atoms with Gasteiger partial charge in [-0.15, -0.1) is 0 Å². The lowest BCUT2D eigenvalue weighted by Gasteiger charge is -2.30. The number of nitrogens with one attached hydrogen (secondary N) is 1. The summed E-state index contributed by atoms with van der Waals surface area (Å²) < 4.78 is 13.5. The van der Waals surface area contributed by atoms with Crippen LogP contribution in [0.5, 0.6) is 5.75 Å². The number of aryl methyl sites for hydroxylation is 2. The highest BCUT2D eigenvalue weighted by atomic mass is 16.5. The molecule has 4 rings (SSSR count). The van der Waals surface area contributed by atoms with Crippen LogP contribution >= 0.6 is 0 Å². The first-order chi connectivity index (χ1) is 17.5. The molecule has 0 aliphatic heterocycles. The molecule has 0 spiro atoms. The molecule has 0 saturated carbocycles. The standard InChI is InChI=1S/C26H38N8O2/c1-5-36-19-9-10-21-22(14-19)32-23(31-21)8-6-7-12-33(18(2)3)15-20(35-4)11-13-34-17-30-24-25(27)28-16-29-26(24)34/h9-10,14,16-18,20H,5-8,11-13,15H2,1-4H3,(H,31,32)(H2,27,28,29). The van der Waals surface area contributed by atoms with E-state index in [-0.39, 0.29) is 6.10 Å². The molecule has 0 saturated heterocycles. The summed E-state index contributed by atoms with van der Waals surface area (Å²) in [6, 6.07) is 6.45. The van der Waals surface area contributed by atoms with Crippen LogP contribution < -0.4 is 10.5 Å². The van der Waals surface area contributed by atoms with Crippen molar-refractivity contribution >= 4 is 28.0 Å². The van der Waals surface area contributed by atoms with Gasteiger partial charge in [-0.3, -0.25) is 4.90 Å². The Labute approximate surface area is 212 Å². The van der Waals surface area contributed by atoms with Gasteiger partial charge in [-0.1, -0.05) is 0 Å². The first kappa shape index (κ1) is 25.8. The minimum Gasteiger partial charge on any atom is -0.494 e. The number of anilines is 1. The van der Waals surface area contributed by atoms with E-state index in [9.17, 15) is 0 Å². The number of imidazole rings is 2. The van der Waals surface area contributed by atoms with Gasteiger partial charge in [0.15, 0.2) is 11.5 Å². The number of rotatable bonds is 14. The second kappa shape index (κ2) is 12.1. The largest absolute Gasteiger partial charge is 0.494 e. The van der Waals surface area contributed by atoms with Crippen molar-refractivity contribution in [2.24, 2.45) is 0 Å². The summed E-state index contributed by atoms with van der Waals surface area (Å²) in [6.45, 7) is 9.79. The number of aromatic amines is 1. The SMILES string of the molecule is CCOc1ccc2nc(CCCCN(CC(CCn3cnc4c(N)ncnc43)OC)C(C)C)[nH]c2c1. The van der Waals surface area contributed by atoms with E-state index in [4.69, 9.17) is 20.2 Å². The molecule has 3 heterocycles. The minimum atomic E-state index is 0.110. The number of ether oxygens (including phenoxy) is 2. The Morgan fingerprint density at radius 2 is 2.03 bits per heavy atom. The van der Waals surface area contributed by atoms with Gasteiger partial charge in [0.2, 0.25) is 0 Å². The molecule has 194 valence electrons. The number of hydrogen-bond acceptors (Lipinski definition) is 8. The topological polar surface area (TPSA) is 120 Å². The number of methoxy groups -OCH3 is 1. The van der Waals surface area contributed by atoms with Crippen molar-refractivity contribution < 1.29 is 9.47 Å². The van der Waals surface area contributed by atoms with Gasteiger partial charge in [0.05, 0.1) is 30.1 Å². The molecule has 1 aromatic carbocycles. The van der Waals surface area contributed by atoms with E-state index in [0.717, 1.165) is 73.6 Å². The Balaban J connectivity index is 1.26. The zero-order valence-corrected chi connectivity index (χ0v) is 21.8. The van der Waals surface area contributed by atoms with Crippen LogP contribution in [0.25, 0.3) is 22.2 Å². The van der Waals surface area contributed by atoms with Gasteiger partial charge in [-0.2, -0.15) is 0 Å². The molecule has 4 aromatic rings. The number of unbranched alkanes of at least 4 members (excludes halogenated alkanes) is 1. The van der Waals surface area contributed by atoms with Crippen LogP contribution in [-0.2, 0) is 17.7 Å². The van der Waals surface area contributed by atoms with Gasteiger partial charge < -0.3 is 24.8 Å². The lowest BCUT2D eigenvalue weighted by Crippen LogP contribution is -2.39. The third-order valence-electron chi connectivity index (χ3n) is 6.55. The first-order valence-corrected chi connectivity index (χ1v) is 12.8. The Hall–Kier alpha value is -3.24. The fourth-order valence-corrected chi connectivity index (χ4v) is 4.47. The number of nitrogen functional groups attached to an aromatic ring is 1. The predicted octanol–water partition coefficient (Wildman–Crippen LogP) is 3.82. The third kappa shape index (κ3) is 6.30. The highest BCUT2D eigenvalue weighted by Gasteiger charge is 2.17. The van der Waals surface area contributed by atoms with E-state index >= 15 is 0 Å². The average Bonchev–Trinajstić information content (AvgIpc) is 3.47. The molecule has 0 amide bonds. The number of aromatic nitrogens is 6. The Kier molecular flexibility index (Phi) is 8.71. The normalized spacial score (nSPS) is 12.8. The molecular formula is C26H38N8O2. The maximum Gasteiger partial charge on any atom is 0.165 e. The van der Waals surface area contributed by atoms with Crippen LogP contribution in [0.1, 0.15) is 45.9 Å². The van der Waals surface area contributed by atoms with E-state index in [2.05, 4.69) is 38.7 Å². The summed E-state index contributed by atoms with van der Waals surface area (Å²) in [4.78, 5) is 23.4. The molecule has 0 fully saturated rings. The lowest BCUT2D eigenvalue weighted by molar-refractivity contribution is 0.0447. The lowest BCUT2D eigenvalue weighted by atomic mass is 10.1. The zero-order chi connectivity index (χ0) is 25.5. The van der Waals surface area contributed by atoms with E-state index in [0.29, 0.717) is 24.0 Å². The maximum atomic E-state index is 5.91. The molecule has 3 N–H and O–H groups in total. The summed E-state index contributed by atoms with van der Waals surface area (Å²) in [5.41, 5.74) is 9.34. The highest BCUT2D eigenvalue weighted by molar-refractivity contribution is 5.81. The van der Waals surface area contributed by atoms with Gasteiger partial charge in [0, 0.05) is 38.7 Å². The summed E-state index contributed by atoms with van der Waals surface area (Å²) >= 11 is 0. The Morgan fingerprint density at radius 1 is 1.17 bits per heavy atom. The number of H-pyrrole nitrogens is 1. The van der Waals surface area contributed by atoms with Crippen LogP contribution in [-0.4, -0.2) is 73.3 Å². The fourth-order valence-electron chi connectivity index (χ4n) is 4.47. The molecule has 36 heavy (non-hydrogen) atoms. The summed E-state index contributed by atoms with van der Waals surface area (Å²) in [5.74, 6) is 2.31. The van der Waals surface area contributed by atoms with Crippen molar-refractivity contribution in [2.45, 2.75) is 65.1 Å². The van der Waals surface area contributed by atoms with Crippen molar-refractivity contribution in [2.75, 3.05) is 32.5 Å². The quantitative estimate of drug-likeness (QED) is 0.254. The van der Waals surface area contributed by atoms with Crippen LogP contribution in [0.15, 0.2) is 30.9 Å². The molecule has 10 heteroatoms. The molecule has 1 atom stereocenters. The van der Waals surface area contributed by atoms with E-state index in [1.807, 2.05) is 29.7 Å². The van der Waals surface area contributed by atoms with Gasteiger partial charge in [-0.25, -0.2) is 19.9 Å². The number of nitrogens with two attached hydrogens (primary N) is 1. The fraction of sp³-hybridized carbons (Fsp3) is 0.538. The smallest absolute Gasteiger partial charge is 0.165 e. The molecule has 3 aromatic heterocycles. The van der Waals surface area contributed by atoms with Crippen LogP contribution in [0.2, 0.25) is 0 Å². The molecule has 0 bridgehead atoms. The van der Waals surface area contributed by atoms with Crippen molar-refractivity contribution in [3.63, 3.8) is 0 Å². The Morgan fingerprint density at radius 3 is 2.81 bits per heavy atom. The van der Waals surface area contributed by atoms with Crippen molar-refractivity contribution in [3.05, 3.63) is 36.7 Å². The minimum absolute atomic E-state index is 0.110. The van der Waals surface area contributed by atoms with Crippen molar-refractivity contribution in [3.8, 4) is 5.75 Å². The molecule has 10 nitrogen and oxygen atoms in total. The average molecular weight is 495 g/mol. The monoisotopic (exact) mass is 494 g/mol. The molecule has 0 aliphatic carbocycles. The first-order valence-electron chi connectivity index (χ1n) is 12.8. The van der Waals surface area contributed by atoms with Crippen LogP contribution in [0.3, 0.4) is 0 Å². The summed E-state index contributed by atoms with van der Waals surface area (Å²) in [6.07, 6.45) is 7.32. The number of fused-ring (bicyclic) bond motifs is 2. The molecule has 0 aliphatic rings. The number of hydrogen-bond donors (Lipinski definition) is 2. The van der Waals surface area contributed by atoms with Crippen LogP contribution in [0, 0.1) is 0 Å². The van der Waals surface area contributed by atoms with Gasteiger partial charge in [0.25, 0.3) is 0 Å². The second-order valence-corrected chi connectivity index (χ2v) is 9.36. The molecule has 0 radical (unpaired) electrons. The summed E-state index contributed by atoms with van der Waals surface area (Å²) in [5, 5.41) is 0. The Bertz CT molecular complexity index is 1250. The van der Waals surface area contributed by atoms with Gasteiger partial charge in [-0.05, 0) is 58.7 Å². The van der Waals surface area contributed by atoms with E-state index < -0.39 is 0 Å². The van der Waals surface area contributed by atoms with Crippen molar-refractivity contribution in [1.82, 2.24) is 34.4 Å².